The Hall–Kier alpha value is -2.42. The Morgan fingerprint density at radius 2 is 1.86 bits per heavy atom. The predicted octanol–water partition coefficient (Wildman–Crippen LogP) is 4.46. The van der Waals surface area contributed by atoms with Crippen LogP contribution in [0.2, 0.25) is 0 Å². The van der Waals surface area contributed by atoms with E-state index >= 15 is 0 Å². The van der Waals surface area contributed by atoms with E-state index < -0.39 is 0 Å². The van der Waals surface area contributed by atoms with Crippen LogP contribution in [-0.2, 0) is 6.42 Å². The number of benzene rings is 2. The molecule has 2 aromatic rings. The van der Waals surface area contributed by atoms with Crippen LogP contribution in [-0.4, -0.2) is 13.4 Å². The molecule has 0 unspecified atom stereocenters. The molecular weight excluding hydrogens is 276 g/mol. The van der Waals surface area contributed by atoms with Gasteiger partial charge >= 0.3 is 0 Å². The first-order valence-corrected chi connectivity index (χ1v) is 7.63. The lowest BCUT2D eigenvalue weighted by Gasteiger charge is -2.11. The third-order valence-electron chi connectivity index (χ3n) is 3.47. The van der Waals surface area contributed by atoms with E-state index in [4.69, 9.17) is 14.2 Å². The maximum atomic E-state index is 5.84. The molecule has 1 aliphatic heterocycles. The molecule has 2 aromatic carbocycles. The summed E-state index contributed by atoms with van der Waals surface area (Å²) in [6.07, 6.45) is 6.04. The molecule has 1 heterocycles. The maximum Gasteiger partial charge on any atom is 0.231 e. The molecule has 3 heteroatoms. The third kappa shape index (κ3) is 3.42. The lowest BCUT2D eigenvalue weighted by Crippen LogP contribution is -1.98. The SMILES string of the molecule is CCCOc1cc2c(cc1C/C=C/c1ccccc1)OCO2. The van der Waals surface area contributed by atoms with Crippen molar-refractivity contribution in [3.63, 3.8) is 0 Å². The molecule has 22 heavy (non-hydrogen) atoms. The van der Waals surface area contributed by atoms with Gasteiger partial charge in [-0.25, -0.2) is 0 Å². The third-order valence-corrected chi connectivity index (χ3v) is 3.47. The van der Waals surface area contributed by atoms with Crippen LogP contribution in [0.3, 0.4) is 0 Å². The van der Waals surface area contributed by atoms with Gasteiger partial charge < -0.3 is 14.2 Å². The molecule has 0 fully saturated rings. The van der Waals surface area contributed by atoms with Crippen LogP contribution in [0.5, 0.6) is 17.2 Å². The molecule has 0 aromatic heterocycles. The molecular formula is C19H20O3. The van der Waals surface area contributed by atoms with Gasteiger partial charge in [0.15, 0.2) is 11.5 Å². The summed E-state index contributed by atoms with van der Waals surface area (Å²) in [6, 6.07) is 14.2. The summed E-state index contributed by atoms with van der Waals surface area (Å²) in [5, 5.41) is 0. The average Bonchev–Trinajstić information content (AvgIpc) is 3.01. The van der Waals surface area contributed by atoms with E-state index in [1.165, 1.54) is 5.56 Å². The number of hydrogen-bond donors (Lipinski definition) is 0. The van der Waals surface area contributed by atoms with Crippen molar-refractivity contribution < 1.29 is 14.2 Å². The van der Waals surface area contributed by atoms with Crippen molar-refractivity contribution in [1.29, 1.82) is 0 Å². The van der Waals surface area contributed by atoms with Gasteiger partial charge in [-0.15, -0.1) is 0 Å². The van der Waals surface area contributed by atoms with Crippen LogP contribution < -0.4 is 14.2 Å². The largest absolute Gasteiger partial charge is 0.493 e. The fraction of sp³-hybridized carbons (Fsp3) is 0.263. The van der Waals surface area contributed by atoms with Crippen molar-refractivity contribution in [2.24, 2.45) is 0 Å². The lowest BCUT2D eigenvalue weighted by atomic mass is 10.1. The van der Waals surface area contributed by atoms with E-state index in [0.717, 1.165) is 35.7 Å². The van der Waals surface area contributed by atoms with E-state index in [1.807, 2.05) is 30.3 Å². The summed E-state index contributed by atoms with van der Waals surface area (Å²) in [5.41, 5.74) is 2.31. The first kappa shape index (κ1) is 14.5. The van der Waals surface area contributed by atoms with Gasteiger partial charge in [0, 0.05) is 11.6 Å². The fourth-order valence-corrected chi connectivity index (χ4v) is 2.36. The summed E-state index contributed by atoms with van der Waals surface area (Å²) in [6.45, 7) is 3.09. The smallest absolute Gasteiger partial charge is 0.231 e. The number of rotatable bonds is 6. The van der Waals surface area contributed by atoms with Crippen molar-refractivity contribution in [2.75, 3.05) is 13.4 Å². The minimum absolute atomic E-state index is 0.284. The number of allylic oxidation sites excluding steroid dienone is 1. The minimum Gasteiger partial charge on any atom is -0.493 e. The number of fused-ring (bicyclic) bond motifs is 1. The Morgan fingerprint density at radius 3 is 2.64 bits per heavy atom. The fourth-order valence-electron chi connectivity index (χ4n) is 2.36. The Bertz CT molecular complexity index is 647. The molecule has 0 saturated carbocycles. The Balaban J connectivity index is 1.77. The molecule has 0 N–H and O–H groups in total. The monoisotopic (exact) mass is 296 g/mol. The summed E-state index contributed by atoms with van der Waals surface area (Å²) in [7, 11) is 0. The zero-order valence-electron chi connectivity index (χ0n) is 12.7. The Morgan fingerprint density at radius 1 is 1.09 bits per heavy atom. The van der Waals surface area contributed by atoms with Gasteiger partial charge in [0.2, 0.25) is 6.79 Å². The molecule has 0 aliphatic carbocycles. The Labute approximate surface area is 131 Å². The molecule has 0 amide bonds. The summed E-state index contributed by atoms with van der Waals surface area (Å²) < 4.78 is 16.7. The van der Waals surface area contributed by atoms with Gasteiger partial charge in [0.1, 0.15) is 5.75 Å². The number of ether oxygens (including phenoxy) is 3. The predicted molar refractivity (Wildman–Crippen MR) is 87.5 cm³/mol. The zero-order chi connectivity index (χ0) is 15.2. The molecule has 3 rings (SSSR count). The lowest BCUT2D eigenvalue weighted by molar-refractivity contribution is 0.173. The van der Waals surface area contributed by atoms with Gasteiger partial charge in [-0.05, 0) is 24.5 Å². The van der Waals surface area contributed by atoms with Crippen molar-refractivity contribution in [1.82, 2.24) is 0 Å². The van der Waals surface area contributed by atoms with Gasteiger partial charge in [-0.3, -0.25) is 0 Å². The van der Waals surface area contributed by atoms with Crippen molar-refractivity contribution >= 4 is 6.08 Å². The normalized spacial score (nSPS) is 12.8. The van der Waals surface area contributed by atoms with Crippen molar-refractivity contribution in [2.45, 2.75) is 19.8 Å². The first-order chi connectivity index (χ1) is 10.9. The second-order valence-corrected chi connectivity index (χ2v) is 5.18. The molecule has 0 spiro atoms. The van der Waals surface area contributed by atoms with E-state index in [9.17, 15) is 0 Å². The second kappa shape index (κ2) is 7.03. The molecule has 0 radical (unpaired) electrons. The summed E-state index contributed by atoms with van der Waals surface area (Å²) in [4.78, 5) is 0. The van der Waals surface area contributed by atoms with Gasteiger partial charge in [-0.2, -0.15) is 0 Å². The van der Waals surface area contributed by atoms with Crippen LogP contribution in [0.4, 0.5) is 0 Å². The van der Waals surface area contributed by atoms with E-state index in [2.05, 4.69) is 31.2 Å². The topological polar surface area (TPSA) is 27.7 Å². The summed E-state index contributed by atoms with van der Waals surface area (Å²) >= 11 is 0. The van der Waals surface area contributed by atoms with Crippen LogP contribution in [0, 0.1) is 0 Å². The quantitative estimate of drug-likeness (QED) is 0.787. The first-order valence-electron chi connectivity index (χ1n) is 7.63. The van der Waals surface area contributed by atoms with Gasteiger partial charge in [0.05, 0.1) is 6.61 Å². The Kier molecular flexibility index (Phi) is 4.64. The second-order valence-electron chi connectivity index (χ2n) is 5.18. The maximum absolute atomic E-state index is 5.84. The molecule has 0 bridgehead atoms. The van der Waals surface area contributed by atoms with Crippen LogP contribution in [0.1, 0.15) is 24.5 Å². The molecule has 1 aliphatic rings. The highest BCUT2D eigenvalue weighted by molar-refractivity contribution is 5.54. The van der Waals surface area contributed by atoms with Crippen LogP contribution in [0.25, 0.3) is 6.08 Å². The van der Waals surface area contributed by atoms with Crippen molar-refractivity contribution in [3.8, 4) is 17.2 Å². The minimum atomic E-state index is 0.284. The van der Waals surface area contributed by atoms with E-state index in [0.29, 0.717) is 6.61 Å². The highest BCUT2D eigenvalue weighted by atomic mass is 16.7. The average molecular weight is 296 g/mol. The van der Waals surface area contributed by atoms with Gasteiger partial charge in [-0.1, -0.05) is 49.4 Å². The van der Waals surface area contributed by atoms with Gasteiger partial charge in [0.25, 0.3) is 0 Å². The summed E-state index contributed by atoms with van der Waals surface area (Å²) in [5.74, 6) is 2.44. The molecule has 0 saturated heterocycles. The molecule has 114 valence electrons. The highest BCUT2D eigenvalue weighted by Crippen LogP contribution is 2.38. The zero-order valence-corrected chi connectivity index (χ0v) is 12.7. The highest BCUT2D eigenvalue weighted by Gasteiger charge is 2.17. The van der Waals surface area contributed by atoms with E-state index in [1.54, 1.807) is 0 Å². The molecule has 0 atom stereocenters. The standard InChI is InChI=1S/C19H20O3/c1-2-11-20-17-13-19-18(21-14-22-19)12-16(17)10-6-9-15-7-4-3-5-8-15/h3-9,12-13H,2,10-11,14H2,1H3/b9-6+. The van der Waals surface area contributed by atoms with Crippen LogP contribution in [0.15, 0.2) is 48.5 Å². The number of hydrogen-bond acceptors (Lipinski definition) is 3. The van der Waals surface area contributed by atoms with Crippen molar-refractivity contribution in [3.05, 3.63) is 59.7 Å². The van der Waals surface area contributed by atoms with Crippen LogP contribution >= 0.6 is 0 Å². The molecule has 3 nitrogen and oxygen atoms in total. The van der Waals surface area contributed by atoms with E-state index in [-0.39, 0.29) is 6.79 Å².